The fourth-order valence-electron chi connectivity index (χ4n) is 3.04. The van der Waals surface area contributed by atoms with Crippen LogP contribution in [-0.2, 0) is 6.42 Å². The Morgan fingerprint density at radius 1 is 1.03 bits per heavy atom. The number of nitrogens with one attached hydrogen (secondary N) is 1. The van der Waals surface area contributed by atoms with Crippen LogP contribution in [0.25, 0.3) is 16.4 Å². The van der Waals surface area contributed by atoms with E-state index >= 15 is 0 Å². The number of aryl methyl sites for hydroxylation is 1. The summed E-state index contributed by atoms with van der Waals surface area (Å²) in [5.41, 5.74) is 1.71. The molecule has 0 radical (unpaired) electrons. The Balaban J connectivity index is 1.15. The minimum absolute atomic E-state index is 0.0402. The average Bonchev–Trinajstić information content (AvgIpc) is 3.52. The van der Waals surface area contributed by atoms with Gasteiger partial charge in [0.25, 0.3) is 5.91 Å². The standard InChI is InChI=1S/C22H22N4O2S/c27-22(17-9-11-18(12-10-17)26-14-4-5-15-26)23-13-3-1-2-8-20-24-21(25-28-20)19-7-6-16-29-19/h4-7,9-12,14-16H,1-3,8,13H2,(H,23,27). The van der Waals surface area contributed by atoms with Crippen LogP contribution in [-0.4, -0.2) is 27.2 Å². The summed E-state index contributed by atoms with van der Waals surface area (Å²) in [4.78, 5) is 17.7. The summed E-state index contributed by atoms with van der Waals surface area (Å²) in [6.07, 6.45) is 7.57. The Hall–Kier alpha value is -3.19. The van der Waals surface area contributed by atoms with Crippen molar-refractivity contribution in [1.29, 1.82) is 0 Å². The molecule has 4 rings (SSSR count). The number of aromatic nitrogens is 3. The zero-order valence-electron chi connectivity index (χ0n) is 16.0. The first-order chi connectivity index (χ1) is 14.3. The van der Waals surface area contributed by atoms with E-state index in [1.54, 1.807) is 11.3 Å². The van der Waals surface area contributed by atoms with E-state index in [-0.39, 0.29) is 5.91 Å². The second-order valence-corrected chi connectivity index (χ2v) is 7.64. The van der Waals surface area contributed by atoms with E-state index in [9.17, 15) is 4.79 Å². The molecule has 4 aromatic rings. The number of nitrogens with zero attached hydrogens (tertiary/aromatic N) is 3. The van der Waals surface area contributed by atoms with Gasteiger partial charge in [0.2, 0.25) is 11.7 Å². The van der Waals surface area contributed by atoms with Gasteiger partial charge in [0.05, 0.1) is 4.88 Å². The van der Waals surface area contributed by atoms with Crippen LogP contribution in [0.15, 0.2) is 70.8 Å². The smallest absolute Gasteiger partial charge is 0.251 e. The SMILES string of the molecule is O=C(NCCCCCc1nc(-c2cccs2)no1)c1ccc(-n2cccc2)cc1. The minimum atomic E-state index is -0.0402. The van der Waals surface area contributed by atoms with E-state index in [0.29, 0.717) is 23.8 Å². The molecule has 7 heteroatoms. The second-order valence-electron chi connectivity index (χ2n) is 6.69. The van der Waals surface area contributed by atoms with Crippen LogP contribution >= 0.6 is 11.3 Å². The van der Waals surface area contributed by atoms with Crippen molar-refractivity contribution >= 4 is 17.2 Å². The first-order valence-corrected chi connectivity index (χ1v) is 10.6. The summed E-state index contributed by atoms with van der Waals surface area (Å²) >= 11 is 1.60. The van der Waals surface area contributed by atoms with Crippen LogP contribution in [0.1, 0.15) is 35.5 Å². The largest absolute Gasteiger partial charge is 0.352 e. The number of hydrogen-bond donors (Lipinski definition) is 1. The Kier molecular flexibility index (Phi) is 6.16. The fraction of sp³-hybridized carbons (Fsp3) is 0.227. The van der Waals surface area contributed by atoms with Gasteiger partial charge in [0, 0.05) is 36.6 Å². The maximum atomic E-state index is 12.3. The molecule has 0 spiro atoms. The normalized spacial score (nSPS) is 10.9. The quantitative estimate of drug-likeness (QED) is 0.408. The number of thiophene rings is 1. The molecule has 6 nitrogen and oxygen atoms in total. The number of hydrogen-bond acceptors (Lipinski definition) is 5. The van der Waals surface area contributed by atoms with Crippen molar-refractivity contribution in [3.63, 3.8) is 0 Å². The van der Waals surface area contributed by atoms with Crippen molar-refractivity contribution < 1.29 is 9.32 Å². The molecular formula is C22H22N4O2S. The summed E-state index contributed by atoms with van der Waals surface area (Å²) in [5, 5.41) is 8.99. The molecule has 0 fully saturated rings. The van der Waals surface area contributed by atoms with Gasteiger partial charge in [-0.2, -0.15) is 4.98 Å². The zero-order valence-corrected chi connectivity index (χ0v) is 16.8. The maximum absolute atomic E-state index is 12.3. The van der Waals surface area contributed by atoms with Gasteiger partial charge < -0.3 is 14.4 Å². The van der Waals surface area contributed by atoms with Crippen LogP contribution in [0.3, 0.4) is 0 Å². The first kappa shape index (κ1) is 19.1. The first-order valence-electron chi connectivity index (χ1n) is 9.68. The summed E-state index contributed by atoms with van der Waals surface area (Å²) in [6.45, 7) is 0.655. The van der Waals surface area contributed by atoms with Crippen molar-refractivity contribution in [2.75, 3.05) is 6.54 Å². The molecular weight excluding hydrogens is 384 g/mol. The predicted molar refractivity (Wildman–Crippen MR) is 113 cm³/mol. The van der Waals surface area contributed by atoms with Gasteiger partial charge in [-0.3, -0.25) is 4.79 Å². The lowest BCUT2D eigenvalue weighted by atomic mass is 10.1. The highest BCUT2D eigenvalue weighted by Gasteiger charge is 2.09. The lowest BCUT2D eigenvalue weighted by Gasteiger charge is -2.07. The highest BCUT2D eigenvalue weighted by molar-refractivity contribution is 7.13. The zero-order chi connectivity index (χ0) is 19.9. The number of rotatable bonds is 9. The van der Waals surface area contributed by atoms with Crippen molar-refractivity contribution in [2.45, 2.75) is 25.7 Å². The average molecular weight is 407 g/mol. The summed E-state index contributed by atoms with van der Waals surface area (Å²) < 4.78 is 7.31. The number of benzene rings is 1. The molecule has 0 aliphatic carbocycles. The van der Waals surface area contributed by atoms with Crippen molar-refractivity contribution in [3.05, 3.63) is 77.8 Å². The van der Waals surface area contributed by atoms with E-state index in [1.165, 1.54) is 0 Å². The molecule has 0 bridgehead atoms. The lowest BCUT2D eigenvalue weighted by Crippen LogP contribution is -2.24. The van der Waals surface area contributed by atoms with Crippen molar-refractivity contribution in [3.8, 4) is 16.4 Å². The number of unbranched alkanes of at least 4 members (excludes halogenated alkanes) is 2. The Morgan fingerprint density at radius 2 is 1.86 bits per heavy atom. The van der Waals surface area contributed by atoms with Gasteiger partial charge in [0.15, 0.2) is 0 Å². The molecule has 29 heavy (non-hydrogen) atoms. The Morgan fingerprint density at radius 3 is 2.62 bits per heavy atom. The Labute approximate surface area is 173 Å². The number of carbonyl (C=O) groups is 1. The molecule has 148 valence electrons. The summed E-state index contributed by atoms with van der Waals surface area (Å²) in [7, 11) is 0. The molecule has 0 saturated heterocycles. The highest BCUT2D eigenvalue weighted by atomic mass is 32.1. The third-order valence-electron chi connectivity index (χ3n) is 4.59. The fourth-order valence-corrected chi connectivity index (χ4v) is 3.69. The molecule has 3 aromatic heterocycles. The van der Waals surface area contributed by atoms with Gasteiger partial charge in [0.1, 0.15) is 0 Å². The van der Waals surface area contributed by atoms with Crippen LogP contribution in [0.4, 0.5) is 0 Å². The second kappa shape index (κ2) is 9.34. The van der Waals surface area contributed by atoms with E-state index in [4.69, 9.17) is 4.52 Å². The van der Waals surface area contributed by atoms with Crippen LogP contribution < -0.4 is 5.32 Å². The van der Waals surface area contributed by atoms with Crippen LogP contribution in [0.5, 0.6) is 0 Å². The summed E-state index contributed by atoms with van der Waals surface area (Å²) in [5.74, 6) is 1.28. The topological polar surface area (TPSA) is 73.0 Å². The predicted octanol–water partition coefficient (Wildman–Crippen LogP) is 4.73. The molecule has 3 heterocycles. The van der Waals surface area contributed by atoms with Crippen LogP contribution in [0, 0.1) is 0 Å². The number of amides is 1. The third-order valence-corrected chi connectivity index (χ3v) is 5.46. The Bertz CT molecular complexity index is 1020. The molecule has 1 N–H and O–H groups in total. The lowest BCUT2D eigenvalue weighted by molar-refractivity contribution is 0.0953. The van der Waals surface area contributed by atoms with Crippen molar-refractivity contribution in [2.24, 2.45) is 0 Å². The minimum Gasteiger partial charge on any atom is -0.352 e. The van der Waals surface area contributed by atoms with Crippen molar-refractivity contribution in [1.82, 2.24) is 20.0 Å². The third kappa shape index (κ3) is 5.00. The molecule has 0 atom stereocenters. The van der Waals surface area contributed by atoms with E-state index in [1.807, 2.05) is 70.9 Å². The molecule has 0 unspecified atom stereocenters. The molecule has 0 aliphatic heterocycles. The van der Waals surface area contributed by atoms with Crippen LogP contribution in [0.2, 0.25) is 0 Å². The molecule has 1 aromatic carbocycles. The molecule has 0 aliphatic rings. The van der Waals surface area contributed by atoms with Gasteiger partial charge in [-0.25, -0.2) is 0 Å². The van der Waals surface area contributed by atoms with Gasteiger partial charge in [-0.15, -0.1) is 11.3 Å². The highest BCUT2D eigenvalue weighted by Crippen LogP contribution is 2.21. The van der Waals surface area contributed by atoms with E-state index in [2.05, 4.69) is 15.5 Å². The molecule has 0 saturated carbocycles. The van der Waals surface area contributed by atoms with Gasteiger partial charge in [-0.1, -0.05) is 17.6 Å². The number of carbonyl (C=O) groups excluding carboxylic acids is 1. The van der Waals surface area contributed by atoms with E-state index in [0.717, 1.165) is 36.2 Å². The van der Waals surface area contributed by atoms with Gasteiger partial charge >= 0.3 is 0 Å². The monoisotopic (exact) mass is 406 g/mol. The maximum Gasteiger partial charge on any atom is 0.251 e. The summed E-state index contributed by atoms with van der Waals surface area (Å²) in [6, 6.07) is 15.5. The molecule has 1 amide bonds. The van der Waals surface area contributed by atoms with E-state index < -0.39 is 0 Å². The van der Waals surface area contributed by atoms with Gasteiger partial charge in [-0.05, 0) is 60.7 Å².